The van der Waals surface area contributed by atoms with Crippen LogP contribution in [-0.2, 0) is 20.9 Å². The summed E-state index contributed by atoms with van der Waals surface area (Å²) in [5, 5.41) is 23.6. The number of hydrogen-bond acceptors (Lipinski definition) is 7. The molecule has 0 aromatic carbocycles. The highest BCUT2D eigenvalue weighted by Crippen LogP contribution is 2.76. The molecule has 1 aromatic heterocycles. The normalized spacial score (nSPS) is 49.2. The van der Waals surface area contributed by atoms with Crippen molar-refractivity contribution >= 4 is 5.78 Å². The quantitative estimate of drug-likeness (QED) is 0.564. The van der Waals surface area contributed by atoms with Crippen LogP contribution in [0, 0.1) is 34.0 Å². The van der Waals surface area contributed by atoms with Gasteiger partial charge in [0.15, 0.2) is 12.2 Å². The molecule has 3 heterocycles. The molecule has 2 aliphatic heterocycles. The Hall–Kier alpha value is -1.80. The van der Waals surface area contributed by atoms with E-state index >= 15 is 0 Å². The van der Waals surface area contributed by atoms with Gasteiger partial charge < -0.3 is 24.1 Å². The Bertz CT molecular complexity index is 984. The van der Waals surface area contributed by atoms with Crippen molar-refractivity contribution in [2.24, 2.45) is 34.0 Å². The number of carbonyl (C=O) groups excluding carboxylic acids is 1. The molecule has 6 aliphatic rings. The summed E-state index contributed by atoms with van der Waals surface area (Å²) in [6.45, 7) is 8.71. The first kappa shape index (κ1) is 19.9. The van der Waals surface area contributed by atoms with E-state index in [9.17, 15) is 15.0 Å². The molecule has 7 heteroatoms. The fraction of sp³-hybridized carbons (Fsp3) is 0.667. The molecule has 5 fully saturated rings. The summed E-state index contributed by atoms with van der Waals surface area (Å²) in [6, 6.07) is 0. The fourth-order valence-corrected chi connectivity index (χ4v) is 8.12. The third kappa shape index (κ3) is 2.01. The predicted molar refractivity (Wildman–Crippen MR) is 108 cm³/mol. The van der Waals surface area contributed by atoms with Crippen LogP contribution in [0.4, 0.5) is 0 Å². The number of ether oxygens (including phenoxy) is 2. The van der Waals surface area contributed by atoms with E-state index in [1.807, 2.05) is 0 Å². The molecule has 2 N–H and O–H groups in total. The average Bonchev–Trinajstić information content (AvgIpc) is 3.28. The topological polar surface area (TPSA) is 102 Å². The molecule has 4 aliphatic carbocycles. The van der Waals surface area contributed by atoms with Crippen molar-refractivity contribution in [3.05, 3.63) is 42.7 Å². The molecule has 7 rings (SSSR count). The molecule has 8 atom stereocenters. The van der Waals surface area contributed by atoms with Crippen LogP contribution in [0.2, 0.25) is 0 Å². The SMILES string of the molecule is C=C1C(=O)[C@]23[C@H](O)[C@H]1CC[C@H]2[C@]12C=CCC(C)(C)[C@H]1[C@H](O)[C@@]3(OCc1cocn1)OC2. The summed E-state index contributed by atoms with van der Waals surface area (Å²) in [4.78, 5) is 18.0. The number of nitrogens with zero attached hydrogens (tertiary/aromatic N) is 1. The lowest BCUT2D eigenvalue weighted by molar-refractivity contribution is -0.450. The van der Waals surface area contributed by atoms with Gasteiger partial charge >= 0.3 is 0 Å². The van der Waals surface area contributed by atoms with Gasteiger partial charge in [0.25, 0.3) is 0 Å². The number of fused-ring (bicyclic) bond motifs is 2. The Balaban J connectivity index is 1.58. The van der Waals surface area contributed by atoms with E-state index < -0.39 is 28.8 Å². The van der Waals surface area contributed by atoms with E-state index in [2.05, 4.69) is 37.6 Å². The summed E-state index contributed by atoms with van der Waals surface area (Å²) >= 11 is 0. The van der Waals surface area contributed by atoms with Gasteiger partial charge in [-0.3, -0.25) is 4.79 Å². The van der Waals surface area contributed by atoms with Crippen LogP contribution in [0.3, 0.4) is 0 Å². The smallest absolute Gasteiger partial charge is 0.211 e. The Kier molecular flexibility index (Phi) is 3.81. The molecule has 7 nitrogen and oxygen atoms in total. The number of rotatable bonds is 3. The largest absolute Gasteiger partial charge is 0.451 e. The maximum atomic E-state index is 13.9. The molecule has 0 unspecified atom stereocenters. The van der Waals surface area contributed by atoms with Crippen molar-refractivity contribution in [3.8, 4) is 0 Å². The van der Waals surface area contributed by atoms with Gasteiger partial charge in [-0.25, -0.2) is 4.98 Å². The van der Waals surface area contributed by atoms with Crippen LogP contribution in [-0.4, -0.2) is 45.6 Å². The summed E-state index contributed by atoms with van der Waals surface area (Å²) < 4.78 is 17.9. The van der Waals surface area contributed by atoms with E-state index in [1.54, 1.807) is 0 Å². The van der Waals surface area contributed by atoms with Crippen LogP contribution in [0.15, 0.2) is 41.4 Å². The number of allylic oxidation sites excluding steroid dienone is 1. The maximum absolute atomic E-state index is 13.9. The number of aliphatic hydroxyl groups excluding tert-OH is 2. The molecule has 0 amide bonds. The molecule has 1 aromatic rings. The number of aromatic nitrogens is 1. The predicted octanol–water partition coefficient (Wildman–Crippen LogP) is 2.39. The Morgan fingerprint density at radius 1 is 1.29 bits per heavy atom. The average molecular weight is 427 g/mol. The van der Waals surface area contributed by atoms with Crippen LogP contribution >= 0.6 is 0 Å². The molecule has 2 saturated heterocycles. The number of Topliss-reactive ketones (excluding diaryl/α,β-unsaturated/α-hetero) is 1. The summed E-state index contributed by atoms with van der Waals surface area (Å²) in [7, 11) is 0. The number of ketones is 1. The van der Waals surface area contributed by atoms with Gasteiger partial charge in [0.2, 0.25) is 5.79 Å². The van der Waals surface area contributed by atoms with E-state index in [0.717, 1.165) is 12.8 Å². The minimum atomic E-state index is -1.67. The molecule has 166 valence electrons. The Morgan fingerprint density at radius 3 is 2.84 bits per heavy atom. The van der Waals surface area contributed by atoms with Crippen molar-refractivity contribution in [1.29, 1.82) is 0 Å². The third-order valence-electron chi connectivity index (χ3n) is 9.16. The highest BCUT2D eigenvalue weighted by Gasteiger charge is 2.86. The zero-order chi connectivity index (χ0) is 21.8. The van der Waals surface area contributed by atoms with Gasteiger partial charge in [-0.15, -0.1) is 0 Å². The first-order chi connectivity index (χ1) is 14.7. The second-order valence-corrected chi connectivity index (χ2v) is 10.8. The Labute approximate surface area is 181 Å². The van der Waals surface area contributed by atoms with Crippen LogP contribution in [0.1, 0.15) is 38.8 Å². The summed E-state index contributed by atoms with van der Waals surface area (Å²) in [5.74, 6) is -2.59. The van der Waals surface area contributed by atoms with Gasteiger partial charge in [0.1, 0.15) is 23.5 Å². The van der Waals surface area contributed by atoms with Crippen LogP contribution in [0.5, 0.6) is 0 Å². The summed E-state index contributed by atoms with van der Waals surface area (Å²) in [6.07, 6.45) is 7.28. The zero-order valence-electron chi connectivity index (χ0n) is 17.9. The second-order valence-electron chi connectivity index (χ2n) is 10.8. The van der Waals surface area contributed by atoms with Crippen molar-refractivity contribution in [2.75, 3.05) is 6.61 Å². The maximum Gasteiger partial charge on any atom is 0.211 e. The molecular formula is C24H29NO6. The van der Waals surface area contributed by atoms with E-state index in [1.165, 1.54) is 12.7 Å². The van der Waals surface area contributed by atoms with Crippen molar-refractivity contribution in [1.82, 2.24) is 4.98 Å². The lowest BCUT2D eigenvalue weighted by Gasteiger charge is -2.73. The first-order valence-corrected chi connectivity index (χ1v) is 11.1. The van der Waals surface area contributed by atoms with Crippen LogP contribution in [0.25, 0.3) is 0 Å². The minimum Gasteiger partial charge on any atom is -0.451 e. The van der Waals surface area contributed by atoms with E-state index in [4.69, 9.17) is 13.9 Å². The Morgan fingerprint density at radius 2 is 2.10 bits per heavy atom. The van der Waals surface area contributed by atoms with Gasteiger partial charge in [0.05, 0.1) is 19.3 Å². The molecule has 31 heavy (non-hydrogen) atoms. The number of carbonyl (C=O) groups is 1. The molecule has 4 bridgehead atoms. The summed E-state index contributed by atoms with van der Waals surface area (Å²) in [5.41, 5.74) is -1.18. The van der Waals surface area contributed by atoms with Gasteiger partial charge in [-0.05, 0) is 36.2 Å². The first-order valence-electron chi connectivity index (χ1n) is 11.1. The van der Waals surface area contributed by atoms with Crippen LogP contribution < -0.4 is 0 Å². The lowest BCUT2D eigenvalue weighted by Crippen LogP contribution is -2.83. The van der Waals surface area contributed by atoms with Gasteiger partial charge in [-0.2, -0.15) is 0 Å². The van der Waals surface area contributed by atoms with Gasteiger partial charge in [0, 0.05) is 17.3 Å². The molecule has 0 radical (unpaired) electrons. The highest BCUT2D eigenvalue weighted by molar-refractivity contribution is 6.05. The third-order valence-corrected chi connectivity index (χ3v) is 9.16. The number of aliphatic hydroxyl groups is 2. The van der Waals surface area contributed by atoms with Crippen molar-refractivity contribution < 1.29 is 28.9 Å². The van der Waals surface area contributed by atoms with Crippen molar-refractivity contribution in [2.45, 2.75) is 57.7 Å². The number of hydrogen-bond donors (Lipinski definition) is 2. The molecule has 2 spiro atoms. The van der Waals surface area contributed by atoms with E-state index in [0.29, 0.717) is 24.3 Å². The zero-order valence-corrected chi connectivity index (χ0v) is 17.9. The minimum absolute atomic E-state index is 0.00909. The second kappa shape index (κ2) is 5.95. The lowest BCUT2D eigenvalue weighted by atomic mass is 9.37. The monoisotopic (exact) mass is 427 g/mol. The van der Waals surface area contributed by atoms with Crippen molar-refractivity contribution in [3.63, 3.8) is 0 Å². The highest BCUT2D eigenvalue weighted by atomic mass is 16.7. The van der Waals surface area contributed by atoms with Gasteiger partial charge in [-0.1, -0.05) is 32.6 Å². The molecular weight excluding hydrogens is 398 g/mol. The molecule has 3 saturated carbocycles. The standard InChI is InChI=1S/C24H29NO6/c1-13-15-5-6-16-22-8-4-7-21(2,3)17(22)20(28)24(31-11-22,23(16,18(13)26)19(15)27)30-10-14-9-29-12-25-14/h4,8-9,12,15-17,19-20,27-28H,1,5-7,10-11H2,2-3H3/t15-,16-,17+,19+,20-,22+,23-,24+/m0/s1. The fourth-order valence-electron chi connectivity index (χ4n) is 8.12. The van der Waals surface area contributed by atoms with E-state index in [-0.39, 0.29) is 35.6 Å². The number of oxazole rings is 1.